The van der Waals surface area contributed by atoms with E-state index in [4.69, 9.17) is 4.74 Å². The Morgan fingerprint density at radius 1 is 1.23 bits per heavy atom. The zero-order valence-corrected chi connectivity index (χ0v) is 19.2. The summed E-state index contributed by atoms with van der Waals surface area (Å²) in [4.78, 5) is 14.4. The molecule has 2 unspecified atom stereocenters. The molecule has 0 bridgehead atoms. The number of carbonyl (C=O) groups is 1. The van der Waals surface area contributed by atoms with Crippen LogP contribution in [0, 0.1) is 5.92 Å². The average molecular weight is 435 g/mol. The molecule has 1 aliphatic carbocycles. The molecule has 2 fully saturated rings. The minimum atomic E-state index is -3.53. The maximum absolute atomic E-state index is 13.2. The summed E-state index contributed by atoms with van der Waals surface area (Å²) < 4.78 is 31.9. The van der Waals surface area contributed by atoms with Crippen molar-refractivity contribution in [3.63, 3.8) is 0 Å². The Bertz CT molecular complexity index is 874. The molecule has 6 nitrogen and oxygen atoms in total. The number of hydrogen-bond acceptors (Lipinski definition) is 5. The molecule has 1 saturated heterocycles. The summed E-state index contributed by atoms with van der Waals surface area (Å²) in [6, 6.07) is 9.90. The molecule has 1 aromatic carbocycles. The van der Waals surface area contributed by atoms with E-state index < -0.39 is 26.9 Å². The molecule has 7 heteroatoms. The first-order valence-electron chi connectivity index (χ1n) is 10.7. The van der Waals surface area contributed by atoms with Gasteiger partial charge in [0, 0.05) is 12.6 Å². The largest absolute Gasteiger partial charge is 0.444 e. The van der Waals surface area contributed by atoms with E-state index in [2.05, 4.69) is 5.32 Å². The third-order valence-corrected chi connectivity index (χ3v) is 7.58. The lowest BCUT2D eigenvalue weighted by Crippen LogP contribution is -2.48. The number of carbonyl (C=O) groups excluding carboxylic acids is 1. The molecule has 166 valence electrons. The predicted molar refractivity (Wildman–Crippen MR) is 119 cm³/mol. The van der Waals surface area contributed by atoms with E-state index in [0.717, 1.165) is 30.4 Å². The Kier molecular flexibility index (Phi) is 6.92. The standard InChI is InChI=1S/C23H34N2O4S/c1-17(13-18-9-6-5-7-10-18)15-24-16-30(27,28)21-14-19-11-8-12-20(19)25(21)22(26)29-23(2,3)4/h5-7,9-10,13,19-21,24H,8,11-12,14-16H2,1-4H3/t19?,20?,21-/m0/s1. The second-order valence-corrected chi connectivity index (χ2v) is 11.6. The van der Waals surface area contributed by atoms with Gasteiger partial charge in [0.2, 0.25) is 0 Å². The monoisotopic (exact) mass is 434 g/mol. The van der Waals surface area contributed by atoms with Crippen LogP contribution < -0.4 is 5.32 Å². The smallest absolute Gasteiger partial charge is 0.411 e. The molecular weight excluding hydrogens is 400 g/mol. The van der Waals surface area contributed by atoms with Crippen molar-refractivity contribution in [3.8, 4) is 0 Å². The van der Waals surface area contributed by atoms with Crippen molar-refractivity contribution in [2.24, 2.45) is 5.92 Å². The number of benzene rings is 1. The van der Waals surface area contributed by atoms with Gasteiger partial charge in [0.25, 0.3) is 0 Å². The number of amides is 1. The Hall–Kier alpha value is -1.86. The number of ether oxygens (including phenoxy) is 1. The highest BCUT2D eigenvalue weighted by Gasteiger charge is 2.51. The van der Waals surface area contributed by atoms with E-state index in [1.807, 2.05) is 43.3 Å². The van der Waals surface area contributed by atoms with Crippen molar-refractivity contribution in [1.29, 1.82) is 0 Å². The number of nitrogens with one attached hydrogen (secondary N) is 1. The Balaban J connectivity index is 1.66. The number of fused-ring (bicyclic) bond motifs is 1. The van der Waals surface area contributed by atoms with Crippen molar-refractivity contribution in [2.45, 2.75) is 70.4 Å². The van der Waals surface area contributed by atoms with Gasteiger partial charge in [-0.3, -0.25) is 10.2 Å². The molecule has 0 aromatic heterocycles. The summed E-state index contributed by atoms with van der Waals surface area (Å²) >= 11 is 0. The van der Waals surface area contributed by atoms with Gasteiger partial charge >= 0.3 is 6.09 Å². The van der Waals surface area contributed by atoms with E-state index in [-0.39, 0.29) is 17.8 Å². The third-order valence-electron chi connectivity index (χ3n) is 5.73. The van der Waals surface area contributed by atoms with Crippen LogP contribution in [-0.4, -0.2) is 48.8 Å². The van der Waals surface area contributed by atoms with Crippen molar-refractivity contribution in [2.75, 3.05) is 12.4 Å². The van der Waals surface area contributed by atoms with E-state index in [1.165, 1.54) is 4.90 Å². The van der Waals surface area contributed by atoms with Gasteiger partial charge in [-0.1, -0.05) is 48.4 Å². The lowest BCUT2D eigenvalue weighted by atomic mass is 10.1. The maximum Gasteiger partial charge on any atom is 0.411 e. The first kappa shape index (κ1) is 22.8. The van der Waals surface area contributed by atoms with Gasteiger partial charge < -0.3 is 4.74 Å². The van der Waals surface area contributed by atoms with Gasteiger partial charge in [0.05, 0.1) is 0 Å². The third kappa shape index (κ3) is 5.64. The number of rotatable bonds is 6. The van der Waals surface area contributed by atoms with Crippen molar-refractivity contribution in [1.82, 2.24) is 10.2 Å². The van der Waals surface area contributed by atoms with Crippen LogP contribution in [0.4, 0.5) is 4.79 Å². The molecular formula is C23H34N2O4S. The molecule has 1 amide bonds. The molecule has 1 N–H and O–H groups in total. The summed E-state index contributed by atoms with van der Waals surface area (Å²) in [5.74, 6) is 0.0909. The molecule has 1 saturated carbocycles. The summed E-state index contributed by atoms with van der Waals surface area (Å²) in [6.45, 7) is 7.86. The topological polar surface area (TPSA) is 75.7 Å². The summed E-state index contributed by atoms with van der Waals surface area (Å²) in [5, 5.41) is 2.25. The first-order chi connectivity index (χ1) is 14.1. The highest BCUT2D eigenvalue weighted by atomic mass is 32.2. The molecule has 0 spiro atoms. The van der Waals surface area contributed by atoms with Crippen molar-refractivity contribution < 1.29 is 17.9 Å². The fourth-order valence-corrected chi connectivity index (χ4v) is 6.21. The fourth-order valence-electron chi connectivity index (χ4n) is 4.50. The van der Waals surface area contributed by atoms with Crippen LogP contribution in [0.25, 0.3) is 6.08 Å². The number of sulfone groups is 1. The highest BCUT2D eigenvalue weighted by Crippen LogP contribution is 2.43. The minimum Gasteiger partial charge on any atom is -0.444 e. The predicted octanol–water partition coefficient (Wildman–Crippen LogP) is 4.19. The van der Waals surface area contributed by atoms with Gasteiger partial charge in [0.1, 0.15) is 16.9 Å². The molecule has 1 aliphatic heterocycles. The van der Waals surface area contributed by atoms with Crippen molar-refractivity contribution >= 4 is 22.0 Å². The zero-order chi connectivity index (χ0) is 21.9. The van der Waals surface area contributed by atoms with Gasteiger partial charge in [-0.2, -0.15) is 0 Å². The highest BCUT2D eigenvalue weighted by molar-refractivity contribution is 7.91. The lowest BCUT2D eigenvalue weighted by Gasteiger charge is -2.32. The Labute approximate surface area is 180 Å². The van der Waals surface area contributed by atoms with Crippen LogP contribution in [0.3, 0.4) is 0 Å². The molecule has 3 rings (SSSR count). The summed E-state index contributed by atoms with van der Waals surface area (Å²) in [6.07, 6.45) is 4.89. The molecule has 1 aromatic rings. The average Bonchev–Trinajstić information content (AvgIpc) is 3.22. The van der Waals surface area contributed by atoms with Crippen LogP contribution in [0.2, 0.25) is 0 Å². The molecule has 2 aliphatic rings. The van der Waals surface area contributed by atoms with E-state index in [0.29, 0.717) is 13.0 Å². The van der Waals surface area contributed by atoms with Gasteiger partial charge in [0.15, 0.2) is 9.84 Å². The number of nitrogens with zero attached hydrogens (tertiary/aromatic N) is 1. The van der Waals surface area contributed by atoms with E-state index in [1.54, 1.807) is 20.8 Å². The van der Waals surface area contributed by atoms with Crippen LogP contribution in [0.15, 0.2) is 35.9 Å². The van der Waals surface area contributed by atoms with E-state index >= 15 is 0 Å². The second-order valence-electron chi connectivity index (χ2n) is 9.47. The molecule has 3 atom stereocenters. The van der Waals surface area contributed by atoms with Gasteiger partial charge in [-0.15, -0.1) is 0 Å². The molecule has 1 heterocycles. The SMILES string of the molecule is CC(=Cc1ccccc1)CNCS(=O)(=O)[C@H]1CC2CCCC2N1C(=O)OC(C)(C)C. The van der Waals surface area contributed by atoms with Gasteiger partial charge in [-0.25, -0.2) is 13.2 Å². The minimum absolute atomic E-state index is 0.0284. The second kappa shape index (κ2) is 9.10. The first-order valence-corrected chi connectivity index (χ1v) is 12.4. The Morgan fingerprint density at radius 2 is 1.93 bits per heavy atom. The van der Waals surface area contributed by atoms with E-state index in [9.17, 15) is 13.2 Å². The van der Waals surface area contributed by atoms with Crippen LogP contribution in [0.1, 0.15) is 58.9 Å². The molecule has 30 heavy (non-hydrogen) atoms. The Morgan fingerprint density at radius 3 is 2.60 bits per heavy atom. The summed E-state index contributed by atoms with van der Waals surface area (Å²) in [5.41, 5.74) is 1.47. The molecule has 0 radical (unpaired) electrons. The van der Waals surface area contributed by atoms with Gasteiger partial charge in [-0.05, 0) is 58.4 Å². The van der Waals surface area contributed by atoms with Crippen molar-refractivity contribution in [3.05, 3.63) is 41.5 Å². The quantitative estimate of drug-likeness (QED) is 0.727. The fraction of sp³-hybridized carbons (Fsp3) is 0.609. The van der Waals surface area contributed by atoms with Crippen LogP contribution in [0.5, 0.6) is 0 Å². The maximum atomic E-state index is 13.2. The summed E-state index contributed by atoms with van der Waals surface area (Å²) in [7, 11) is -3.53. The lowest BCUT2D eigenvalue weighted by molar-refractivity contribution is 0.0191. The van der Waals surface area contributed by atoms with Crippen LogP contribution >= 0.6 is 0 Å². The number of likely N-dealkylation sites (tertiary alicyclic amines) is 1. The zero-order valence-electron chi connectivity index (χ0n) is 18.4. The normalized spacial score (nSPS) is 24.7. The number of hydrogen-bond donors (Lipinski definition) is 1. The van der Waals surface area contributed by atoms with Crippen LogP contribution in [-0.2, 0) is 14.6 Å².